The molecular weight excluding hydrogens is 385 g/mol. The van der Waals surface area contributed by atoms with Crippen LogP contribution in [0, 0.1) is 0 Å². The molecule has 2 aromatic carbocycles. The largest absolute Gasteiger partial charge is 0.423 e. The molecule has 0 amide bonds. The lowest BCUT2D eigenvalue weighted by Crippen LogP contribution is -2.53. The zero-order valence-electron chi connectivity index (χ0n) is 17.1. The maximum Gasteiger partial charge on any atom is 0.419 e. The van der Waals surface area contributed by atoms with Gasteiger partial charge in [-0.1, -0.05) is 24.8 Å². The number of aliphatic hydroxyl groups is 1. The van der Waals surface area contributed by atoms with Crippen LogP contribution in [0.15, 0.2) is 48.6 Å². The fourth-order valence-electron chi connectivity index (χ4n) is 2.71. The minimum absolute atomic E-state index is 0.281. The smallest absolute Gasteiger partial charge is 0.419 e. The lowest BCUT2D eigenvalue weighted by molar-refractivity contribution is -0.298. The van der Waals surface area contributed by atoms with E-state index in [0.717, 1.165) is 10.8 Å². The Labute approximate surface area is 167 Å². The van der Waals surface area contributed by atoms with E-state index in [1.54, 1.807) is 57.2 Å². The molecule has 1 N–H and O–H groups in total. The Kier molecular flexibility index (Phi) is 6.16. The summed E-state index contributed by atoms with van der Waals surface area (Å²) in [6.07, 6.45) is -6.30. The molecular formula is C22H25F3O4. The zero-order valence-corrected chi connectivity index (χ0v) is 17.1. The topological polar surface area (TPSA) is 55.8 Å². The number of fused-ring (bicyclic) bond motifs is 1. The quantitative estimate of drug-likeness (QED) is 0.400. The van der Waals surface area contributed by atoms with Crippen molar-refractivity contribution in [1.29, 1.82) is 0 Å². The number of esters is 1. The molecule has 0 aliphatic rings. The van der Waals surface area contributed by atoms with Crippen molar-refractivity contribution in [3.05, 3.63) is 54.1 Å². The van der Waals surface area contributed by atoms with Gasteiger partial charge in [0.1, 0.15) is 5.75 Å². The molecule has 0 spiro atoms. The third-order valence-corrected chi connectivity index (χ3v) is 4.90. The standard InChI is InChI=1S/C22H25F3O4/c1-13(2)19(26)28-18-10-8-15-11-17(9-7-16(15)12-18)20(4,5)29-14(3)21(6,27)22(23,24)25/h7-12,14,27H,1H2,2-6H3. The molecule has 158 valence electrons. The Morgan fingerprint density at radius 2 is 1.62 bits per heavy atom. The predicted octanol–water partition coefficient (Wildman–Crippen LogP) is 5.27. The highest BCUT2D eigenvalue weighted by Gasteiger charge is 2.55. The second kappa shape index (κ2) is 7.80. The maximum absolute atomic E-state index is 13.1. The SMILES string of the molecule is C=C(C)C(=O)Oc1ccc2cc(C(C)(C)OC(C)C(C)(O)C(F)(F)F)ccc2c1. The first-order chi connectivity index (χ1) is 13.1. The molecule has 2 rings (SSSR count). The van der Waals surface area contributed by atoms with E-state index in [2.05, 4.69) is 6.58 Å². The van der Waals surface area contributed by atoms with E-state index >= 15 is 0 Å². The number of ether oxygens (including phenoxy) is 2. The first-order valence-corrected chi connectivity index (χ1v) is 9.04. The first-order valence-electron chi connectivity index (χ1n) is 9.04. The summed E-state index contributed by atoms with van der Waals surface area (Å²) in [5, 5.41) is 11.4. The highest BCUT2D eigenvalue weighted by atomic mass is 19.4. The van der Waals surface area contributed by atoms with Crippen LogP contribution in [0.5, 0.6) is 5.75 Å². The lowest BCUT2D eigenvalue weighted by atomic mass is 9.93. The highest BCUT2D eigenvalue weighted by molar-refractivity contribution is 5.90. The summed E-state index contributed by atoms with van der Waals surface area (Å²) in [7, 11) is 0. The third kappa shape index (κ3) is 4.97. The van der Waals surface area contributed by atoms with Gasteiger partial charge in [0, 0.05) is 5.57 Å². The fraction of sp³-hybridized carbons (Fsp3) is 0.409. The minimum atomic E-state index is -4.82. The first kappa shape index (κ1) is 22.9. The molecule has 0 saturated heterocycles. The van der Waals surface area contributed by atoms with Gasteiger partial charge < -0.3 is 14.6 Å². The minimum Gasteiger partial charge on any atom is -0.423 e. The number of hydrogen-bond acceptors (Lipinski definition) is 4. The van der Waals surface area contributed by atoms with Crippen molar-refractivity contribution in [3.8, 4) is 5.75 Å². The van der Waals surface area contributed by atoms with E-state index < -0.39 is 29.5 Å². The van der Waals surface area contributed by atoms with Crippen molar-refractivity contribution in [2.75, 3.05) is 0 Å². The molecule has 7 heteroatoms. The van der Waals surface area contributed by atoms with Crippen molar-refractivity contribution < 1.29 is 32.5 Å². The molecule has 2 atom stereocenters. The number of benzene rings is 2. The van der Waals surface area contributed by atoms with Crippen molar-refractivity contribution in [2.24, 2.45) is 0 Å². The molecule has 0 aliphatic heterocycles. The van der Waals surface area contributed by atoms with Crippen LogP contribution in [0.2, 0.25) is 0 Å². The van der Waals surface area contributed by atoms with Gasteiger partial charge in [0.05, 0.1) is 11.7 Å². The zero-order chi connectivity index (χ0) is 22.2. The van der Waals surface area contributed by atoms with E-state index in [1.807, 2.05) is 0 Å². The van der Waals surface area contributed by atoms with Crippen LogP contribution in [0.1, 0.15) is 40.2 Å². The van der Waals surface area contributed by atoms with E-state index in [0.29, 0.717) is 18.2 Å². The number of rotatable bonds is 6. The summed E-state index contributed by atoms with van der Waals surface area (Å²) < 4.78 is 50.1. The van der Waals surface area contributed by atoms with Crippen LogP contribution in [-0.4, -0.2) is 29.0 Å². The van der Waals surface area contributed by atoms with Crippen LogP contribution < -0.4 is 4.74 Å². The van der Waals surface area contributed by atoms with Gasteiger partial charge in [-0.05, 0) is 69.2 Å². The van der Waals surface area contributed by atoms with Crippen LogP contribution in [-0.2, 0) is 15.1 Å². The van der Waals surface area contributed by atoms with Gasteiger partial charge in [0.15, 0.2) is 5.60 Å². The molecule has 0 aliphatic carbocycles. The molecule has 2 aromatic rings. The van der Waals surface area contributed by atoms with Gasteiger partial charge in [0.2, 0.25) is 0 Å². The van der Waals surface area contributed by atoms with Crippen LogP contribution in [0.25, 0.3) is 10.8 Å². The van der Waals surface area contributed by atoms with Gasteiger partial charge in [-0.15, -0.1) is 0 Å². The van der Waals surface area contributed by atoms with E-state index in [1.165, 1.54) is 6.92 Å². The number of halogens is 3. The average molecular weight is 410 g/mol. The van der Waals surface area contributed by atoms with Gasteiger partial charge >= 0.3 is 12.1 Å². The Bertz CT molecular complexity index is 929. The highest BCUT2D eigenvalue weighted by Crippen LogP contribution is 2.38. The molecule has 0 fully saturated rings. The maximum atomic E-state index is 13.1. The molecule has 0 bridgehead atoms. The molecule has 0 aromatic heterocycles. The van der Waals surface area contributed by atoms with Crippen molar-refractivity contribution in [3.63, 3.8) is 0 Å². The van der Waals surface area contributed by atoms with Crippen molar-refractivity contribution >= 4 is 16.7 Å². The average Bonchev–Trinajstić information content (AvgIpc) is 2.59. The van der Waals surface area contributed by atoms with Crippen molar-refractivity contribution in [2.45, 2.75) is 58.1 Å². The predicted molar refractivity (Wildman–Crippen MR) is 105 cm³/mol. The Balaban J connectivity index is 2.28. The monoisotopic (exact) mass is 410 g/mol. The van der Waals surface area contributed by atoms with Gasteiger partial charge in [-0.3, -0.25) is 0 Å². The van der Waals surface area contributed by atoms with E-state index in [-0.39, 0.29) is 5.57 Å². The van der Waals surface area contributed by atoms with Crippen LogP contribution >= 0.6 is 0 Å². The summed E-state index contributed by atoms with van der Waals surface area (Å²) in [5.41, 5.74) is -3.15. The molecule has 4 nitrogen and oxygen atoms in total. The number of carbonyl (C=O) groups excluding carboxylic acids is 1. The summed E-state index contributed by atoms with van der Waals surface area (Å²) in [6, 6.07) is 10.3. The Hall–Kier alpha value is -2.38. The molecule has 29 heavy (non-hydrogen) atoms. The second-order valence-electron chi connectivity index (χ2n) is 7.81. The molecule has 2 unspecified atom stereocenters. The summed E-state index contributed by atoms with van der Waals surface area (Å²) >= 11 is 0. The number of carbonyl (C=O) groups is 1. The number of hydrogen-bond donors (Lipinski definition) is 1. The second-order valence-corrected chi connectivity index (χ2v) is 7.81. The third-order valence-electron chi connectivity index (χ3n) is 4.90. The summed E-state index contributed by atoms with van der Waals surface area (Å²) in [4.78, 5) is 11.6. The van der Waals surface area contributed by atoms with Gasteiger partial charge in [0.25, 0.3) is 0 Å². The Morgan fingerprint density at radius 3 is 2.17 bits per heavy atom. The lowest BCUT2D eigenvalue weighted by Gasteiger charge is -2.38. The van der Waals surface area contributed by atoms with Crippen molar-refractivity contribution in [1.82, 2.24) is 0 Å². The fourth-order valence-corrected chi connectivity index (χ4v) is 2.71. The normalized spacial score (nSPS) is 15.6. The van der Waals surface area contributed by atoms with E-state index in [9.17, 15) is 23.1 Å². The molecule has 0 saturated carbocycles. The number of alkyl halides is 3. The molecule has 0 heterocycles. The summed E-state index contributed by atoms with van der Waals surface area (Å²) in [5.74, 6) is -0.162. The Morgan fingerprint density at radius 1 is 1.07 bits per heavy atom. The van der Waals surface area contributed by atoms with Gasteiger partial charge in [-0.2, -0.15) is 13.2 Å². The van der Waals surface area contributed by atoms with Gasteiger partial charge in [-0.25, -0.2) is 4.79 Å². The molecule has 0 radical (unpaired) electrons. The van der Waals surface area contributed by atoms with Crippen LogP contribution in [0.4, 0.5) is 13.2 Å². The van der Waals surface area contributed by atoms with Crippen LogP contribution in [0.3, 0.4) is 0 Å². The van der Waals surface area contributed by atoms with E-state index in [4.69, 9.17) is 9.47 Å². The summed E-state index contributed by atoms with van der Waals surface area (Å²) in [6.45, 7) is 10.2.